The van der Waals surface area contributed by atoms with Crippen LogP contribution in [-0.2, 0) is 23.8 Å². The number of primary amides is 1. The van der Waals surface area contributed by atoms with E-state index in [9.17, 15) is 13.2 Å². The highest BCUT2D eigenvalue weighted by atomic mass is 32.2. The number of anilines is 1. The molecule has 0 spiro atoms. The summed E-state index contributed by atoms with van der Waals surface area (Å²) in [6.45, 7) is 1.55. The molecule has 1 saturated heterocycles. The SMILES string of the molecule is Cc1ccc(S(=O)(=O)O[C@H]2C[C@H](n3cnc4c(N)ncnc43)O[C@@H]2COC(N)=O)cc1. The van der Waals surface area contributed by atoms with E-state index in [4.69, 9.17) is 25.1 Å². The molecule has 0 saturated carbocycles. The summed E-state index contributed by atoms with van der Waals surface area (Å²) in [5, 5.41) is 0. The van der Waals surface area contributed by atoms with Crippen molar-refractivity contribution in [3.05, 3.63) is 42.5 Å². The van der Waals surface area contributed by atoms with Crippen LogP contribution in [0.2, 0.25) is 0 Å². The maximum atomic E-state index is 12.8. The van der Waals surface area contributed by atoms with Crippen molar-refractivity contribution in [2.75, 3.05) is 12.3 Å². The van der Waals surface area contributed by atoms with E-state index in [1.165, 1.54) is 24.8 Å². The van der Waals surface area contributed by atoms with Crippen LogP contribution in [0.25, 0.3) is 11.2 Å². The number of aromatic nitrogens is 4. The third kappa shape index (κ3) is 4.28. The topological polar surface area (TPSA) is 175 Å². The summed E-state index contributed by atoms with van der Waals surface area (Å²) in [5.41, 5.74) is 12.6. The van der Waals surface area contributed by atoms with Crippen LogP contribution in [0.5, 0.6) is 0 Å². The Balaban J connectivity index is 1.61. The zero-order chi connectivity index (χ0) is 22.2. The maximum Gasteiger partial charge on any atom is 0.404 e. The third-order valence-electron chi connectivity index (χ3n) is 4.83. The van der Waals surface area contributed by atoms with Crippen molar-refractivity contribution < 1.29 is 26.9 Å². The monoisotopic (exact) mass is 448 g/mol. The van der Waals surface area contributed by atoms with Crippen LogP contribution in [0.1, 0.15) is 18.2 Å². The second-order valence-corrected chi connectivity index (χ2v) is 8.55. The van der Waals surface area contributed by atoms with Gasteiger partial charge in [-0.2, -0.15) is 8.42 Å². The summed E-state index contributed by atoms with van der Waals surface area (Å²) in [5.74, 6) is 0.199. The molecular weight excluding hydrogens is 428 g/mol. The lowest BCUT2D eigenvalue weighted by Gasteiger charge is -2.18. The molecule has 1 amide bonds. The Bertz CT molecular complexity index is 1210. The van der Waals surface area contributed by atoms with Crippen LogP contribution in [0, 0.1) is 6.92 Å². The number of rotatable bonds is 6. The predicted molar refractivity (Wildman–Crippen MR) is 107 cm³/mol. The number of aryl methyl sites for hydroxylation is 1. The number of carbonyl (C=O) groups excluding carboxylic acids is 1. The van der Waals surface area contributed by atoms with Gasteiger partial charge in [0.05, 0.1) is 11.2 Å². The first kappa shape index (κ1) is 21.0. The molecule has 164 valence electrons. The molecule has 1 aromatic carbocycles. The van der Waals surface area contributed by atoms with Gasteiger partial charge in [-0.3, -0.25) is 8.75 Å². The van der Waals surface area contributed by atoms with Gasteiger partial charge in [-0.05, 0) is 19.1 Å². The smallest absolute Gasteiger partial charge is 0.404 e. The normalized spacial score (nSPS) is 21.4. The molecule has 0 bridgehead atoms. The third-order valence-corrected chi connectivity index (χ3v) is 6.18. The highest BCUT2D eigenvalue weighted by Gasteiger charge is 2.41. The van der Waals surface area contributed by atoms with Gasteiger partial charge in [-0.15, -0.1) is 0 Å². The standard InChI is InChI=1S/C18H20N6O6S/c1-10-2-4-11(5-3-10)31(26,27)30-12-6-14(29-13(12)7-28-18(20)25)24-9-23-15-16(19)21-8-22-17(15)24/h2-5,8-9,12-14H,6-7H2,1H3,(H2,20,25)(H2,19,21,22)/t12-,13+,14+/m0/s1. The van der Waals surface area contributed by atoms with E-state index in [0.29, 0.717) is 11.2 Å². The number of hydrogen-bond acceptors (Lipinski definition) is 10. The van der Waals surface area contributed by atoms with Crippen LogP contribution in [0.3, 0.4) is 0 Å². The number of imidazole rings is 1. The lowest BCUT2D eigenvalue weighted by molar-refractivity contribution is -0.0408. The summed E-state index contributed by atoms with van der Waals surface area (Å²) >= 11 is 0. The van der Waals surface area contributed by atoms with E-state index in [2.05, 4.69) is 15.0 Å². The molecule has 12 nitrogen and oxygen atoms in total. The molecule has 3 heterocycles. The fourth-order valence-corrected chi connectivity index (χ4v) is 4.40. The minimum Gasteiger partial charge on any atom is -0.447 e. The molecule has 0 aliphatic carbocycles. The summed E-state index contributed by atoms with van der Waals surface area (Å²) in [6, 6.07) is 6.24. The molecule has 4 rings (SSSR count). The van der Waals surface area contributed by atoms with Crippen molar-refractivity contribution in [1.82, 2.24) is 19.5 Å². The van der Waals surface area contributed by atoms with E-state index in [1.807, 2.05) is 6.92 Å². The Labute approximate surface area is 177 Å². The number of nitrogen functional groups attached to an aromatic ring is 1. The molecule has 13 heteroatoms. The molecule has 2 aromatic heterocycles. The van der Waals surface area contributed by atoms with E-state index in [1.54, 1.807) is 16.7 Å². The number of benzene rings is 1. The molecule has 1 aliphatic rings. The van der Waals surface area contributed by atoms with Crippen LogP contribution in [0.4, 0.5) is 10.6 Å². The molecule has 0 radical (unpaired) electrons. The van der Waals surface area contributed by atoms with E-state index in [-0.39, 0.29) is 23.7 Å². The lowest BCUT2D eigenvalue weighted by atomic mass is 10.2. The molecule has 3 aromatic rings. The molecule has 1 fully saturated rings. The van der Waals surface area contributed by atoms with Gasteiger partial charge in [0, 0.05) is 6.42 Å². The number of amides is 1. The van der Waals surface area contributed by atoms with Crippen LogP contribution >= 0.6 is 0 Å². The van der Waals surface area contributed by atoms with E-state index >= 15 is 0 Å². The van der Waals surface area contributed by atoms with Crippen LogP contribution in [-0.4, -0.2) is 52.8 Å². The summed E-state index contributed by atoms with van der Waals surface area (Å²) in [6.07, 6.45) is -0.688. The van der Waals surface area contributed by atoms with Gasteiger partial charge < -0.3 is 20.9 Å². The van der Waals surface area contributed by atoms with Gasteiger partial charge in [0.25, 0.3) is 10.1 Å². The fourth-order valence-electron chi connectivity index (χ4n) is 3.29. The van der Waals surface area contributed by atoms with Gasteiger partial charge in [-0.25, -0.2) is 19.7 Å². The van der Waals surface area contributed by atoms with Crippen LogP contribution < -0.4 is 11.5 Å². The fraction of sp³-hybridized carbons (Fsp3) is 0.333. The Morgan fingerprint density at radius 1 is 1.26 bits per heavy atom. The average molecular weight is 448 g/mol. The highest BCUT2D eigenvalue weighted by molar-refractivity contribution is 7.86. The first-order chi connectivity index (χ1) is 14.7. The largest absolute Gasteiger partial charge is 0.447 e. The van der Waals surface area contributed by atoms with Crippen molar-refractivity contribution in [2.45, 2.75) is 36.7 Å². The Kier molecular flexibility index (Phi) is 5.47. The zero-order valence-electron chi connectivity index (χ0n) is 16.4. The molecule has 3 atom stereocenters. The minimum absolute atomic E-state index is 0.00437. The second-order valence-electron chi connectivity index (χ2n) is 6.98. The van der Waals surface area contributed by atoms with Gasteiger partial charge in [0.1, 0.15) is 36.9 Å². The second kappa shape index (κ2) is 8.09. The first-order valence-electron chi connectivity index (χ1n) is 9.25. The summed E-state index contributed by atoms with van der Waals surface area (Å²) < 4.78 is 43.3. The number of carbonyl (C=O) groups is 1. The molecular formula is C18H20N6O6S. The first-order valence-corrected chi connectivity index (χ1v) is 10.7. The molecule has 4 N–H and O–H groups in total. The number of nitrogens with two attached hydrogens (primary N) is 2. The number of fused-ring (bicyclic) bond motifs is 1. The predicted octanol–water partition coefficient (Wildman–Crippen LogP) is 0.874. The van der Waals surface area contributed by atoms with E-state index in [0.717, 1.165) is 5.56 Å². The zero-order valence-corrected chi connectivity index (χ0v) is 17.2. The summed E-state index contributed by atoms with van der Waals surface area (Å²) in [7, 11) is -4.10. The molecule has 0 unspecified atom stereocenters. The van der Waals surface area contributed by atoms with Gasteiger partial charge in [0.15, 0.2) is 11.5 Å². The Morgan fingerprint density at radius 3 is 2.71 bits per heavy atom. The number of nitrogens with zero attached hydrogens (tertiary/aromatic N) is 4. The quantitative estimate of drug-likeness (QED) is 0.515. The van der Waals surface area contributed by atoms with Crippen molar-refractivity contribution in [3.8, 4) is 0 Å². The lowest BCUT2D eigenvalue weighted by Crippen LogP contribution is -2.33. The number of hydrogen-bond donors (Lipinski definition) is 2. The Hall–Kier alpha value is -3.29. The molecule has 31 heavy (non-hydrogen) atoms. The maximum absolute atomic E-state index is 12.8. The number of ether oxygens (including phenoxy) is 2. The Morgan fingerprint density at radius 2 is 2.00 bits per heavy atom. The van der Waals surface area contributed by atoms with Gasteiger partial charge in [-0.1, -0.05) is 17.7 Å². The van der Waals surface area contributed by atoms with E-state index < -0.39 is 34.6 Å². The van der Waals surface area contributed by atoms with Gasteiger partial charge in [0.2, 0.25) is 0 Å². The van der Waals surface area contributed by atoms with Crippen LogP contribution in [0.15, 0.2) is 41.8 Å². The minimum atomic E-state index is -4.10. The van der Waals surface area contributed by atoms with Crippen molar-refractivity contribution in [1.29, 1.82) is 0 Å². The summed E-state index contributed by atoms with van der Waals surface area (Å²) in [4.78, 5) is 23.3. The molecule has 1 aliphatic heterocycles. The average Bonchev–Trinajstić information content (AvgIpc) is 3.31. The van der Waals surface area contributed by atoms with Gasteiger partial charge >= 0.3 is 6.09 Å². The highest BCUT2D eigenvalue weighted by Crippen LogP contribution is 2.35. The van der Waals surface area contributed by atoms with Crippen molar-refractivity contribution >= 4 is 33.2 Å². The van der Waals surface area contributed by atoms with Crippen molar-refractivity contribution in [2.24, 2.45) is 5.73 Å². The van der Waals surface area contributed by atoms with Crippen molar-refractivity contribution in [3.63, 3.8) is 0 Å².